The Labute approximate surface area is 142 Å². The maximum atomic E-state index is 12.4. The first-order valence-electron chi connectivity index (χ1n) is 8.06. The quantitative estimate of drug-likeness (QED) is 0.845. The Bertz CT molecular complexity index is 715. The minimum Gasteiger partial charge on any atom is -0.339 e. The molecule has 0 spiro atoms. The molecule has 0 bridgehead atoms. The molecule has 0 fully saturated rings. The topological polar surface area (TPSA) is 81.9 Å². The van der Waals surface area contributed by atoms with Crippen LogP contribution in [-0.4, -0.2) is 33.9 Å². The summed E-state index contributed by atoms with van der Waals surface area (Å²) in [5.41, 5.74) is 1.66. The van der Waals surface area contributed by atoms with Gasteiger partial charge in [0.1, 0.15) is 11.5 Å². The van der Waals surface area contributed by atoms with Gasteiger partial charge in [0.2, 0.25) is 0 Å². The first-order valence-corrected chi connectivity index (χ1v) is 8.06. The maximum absolute atomic E-state index is 12.4. The molecule has 24 heavy (non-hydrogen) atoms. The molecule has 124 valence electrons. The fourth-order valence-corrected chi connectivity index (χ4v) is 2.33. The highest BCUT2D eigenvalue weighted by Crippen LogP contribution is 2.15. The summed E-state index contributed by atoms with van der Waals surface area (Å²) in [6.07, 6.45) is 4.83. The second kappa shape index (κ2) is 8.63. The zero-order chi connectivity index (χ0) is 17.4. The summed E-state index contributed by atoms with van der Waals surface area (Å²) in [4.78, 5) is 22.7. The molecule has 0 atom stereocenters. The van der Waals surface area contributed by atoms with E-state index in [2.05, 4.69) is 21.4 Å². The maximum Gasteiger partial charge on any atom is 0.274 e. The second-order valence-electron chi connectivity index (χ2n) is 5.40. The van der Waals surface area contributed by atoms with Crippen LogP contribution in [-0.2, 0) is 0 Å². The molecular weight excluding hydrogens is 302 g/mol. The number of rotatable bonds is 7. The molecule has 0 unspecified atom stereocenters. The van der Waals surface area contributed by atoms with Gasteiger partial charge in [0, 0.05) is 18.8 Å². The van der Waals surface area contributed by atoms with Crippen molar-refractivity contribution in [2.24, 2.45) is 0 Å². The molecule has 6 nitrogen and oxygen atoms in total. The summed E-state index contributed by atoms with van der Waals surface area (Å²) >= 11 is 0. The van der Waals surface area contributed by atoms with Crippen LogP contribution in [0.15, 0.2) is 36.7 Å². The van der Waals surface area contributed by atoms with E-state index in [0.29, 0.717) is 17.1 Å². The van der Waals surface area contributed by atoms with Crippen LogP contribution >= 0.6 is 0 Å². The van der Waals surface area contributed by atoms with E-state index in [4.69, 9.17) is 5.26 Å². The van der Waals surface area contributed by atoms with Gasteiger partial charge in [0.15, 0.2) is 0 Å². The summed E-state index contributed by atoms with van der Waals surface area (Å²) in [6, 6.07) is 9.18. The summed E-state index contributed by atoms with van der Waals surface area (Å²) < 4.78 is 0. The van der Waals surface area contributed by atoms with Crippen molar-refractivity contribution in [1.82, 2.24) is 14.9 Å². The number of amides is 1. The lowest BCUT2D eigenvalue weighted by atomic mass is 10.2. The Kier molecular flexibility index (Phi) is 6.26. The van der Waals surface area contributed by atoms with E-state index in [1.54, 1.807) is 23.1 Å². The molecule has 2 aromatic rings. The molecule has 1 N–H and O–H groups in total. The molecule has 2 rings (SSSR count). The van der Waals surface area contributed by atoms with Crippen molar-refractivity contribution in [1.29, 1.82) is 5.26 Å². The predicted molar refractivity (Wildman–Crippen MR) is 93.0 cm³/mol. The Morgan fingerprint density at radius 2 is 1.96 bits per heavy atom. The van der Waals surface area contributed by atoms with Gasteiger partial charge in [-0.15, -0.1) is 0 Å². The van der Waals surface area contributed by atoms with Crippen LogP contribution in [0.4, 0.5) is 11.5 Å². The first kappa shape index (κ1) is 17.4. The number of hydrogen-bond acceptors (Lipinski definition) is 5. The number of nitriles is 1. The molecule has 0 aliphatic carbocycles. The third-order valence-corrected chi connectivity index (χ3v) is 3.41. The summed E-state index contributed by atoms with van der Waals surface area (Å²) in [5.74, 6) is 0.434. The van der Waals surface area contributed by atoms with Crippen LogP contribution in [0.5, 0.6) is 0 Å². The summed E-state index contributed by atoms with van der Waals surface area (Å²) in [5, 5.41) is 12.0. The molecule has 1 aromatic carbocycles. The third kappa shape index (κ3) is 4.53. The monoisotopic (exact) mass is 323 g/mol. The number of anilines is 2. The molecule has 1 aromatic heterocycles. The van der Waals surface area contributed by atoms with Crippen LogP contribution in [0, 0.1) is 11.3 Å². The molecule has 0 saturated heterocycles. The van der Waals surface area contributed by atoms with Gasteiger partial charge in [-0.05, 0) is 31.0 Å². The van der Waals surface area contributed by atoms with Crippen LogP contribution < -0.4 is 5.32 Å². The van der Waals surface area contributed by atoms with Crippen LogP contribution in [0.1, 0.15) is 42.7 Å². The number of carbonyl (C=O) groups is 1. The fourth-order valence-electron chi connectivity index (χ4n) is 2.33. The van der Waals surface area contributed by atoms with E-state index in [9.17, 15) is 4.79 Å². The lowest BCUT2D eigenvalue weighted by Gasteiger charge is -2.20. The Balaban J connectivity index is 2.09. The largest absolute Gasteiger partial charge is 0.339 e. The summed E-state index contributed by atoms with van der Waals surface area (Å²) in [7, 11) is 0. The molecule has 0 aliphatic heterocycles. The number of nitrogens with zero attached hydrogens (tertiary/aromatic N) is 4. The van der Waals surface area contributed by atoms with Crippen LogP contribution in [0.2, 0.25) is 0 Å². The van der Waals surface area contributed by atoms with E-state index in [1.165, 1.54) is 12.4 Å². The molecule has 1 heterocycles. The van der Waals surface area contributed by atoms with E-state index in [-0.39, 0.29) is 5.91 Å². The number of hydrogen-bond donors (Lipinski definition) is 1. The Hall–Kier alpha value is -2.94. The third-order valence-electron chi connectivity index (χ3n) is 3.41. The van der Waals surface area contributed by atoms with Crippen molar-refractivity contribution in [2.45, 2.75) is 26.7 Å². The van der Waals surface area contributed by atoms with Gasteiger partial charge in [-0.2, -0.15) is 5.26 Å². The molecule has 0 radical (unpaired) electrons. The minimum absolute atomic E-state index is 0.0933. The number of carbonyl (C=O) groups excluding carboxylic acids is 1. The highest BCUT2D eigenvalue weighted by Gasteiger charge is 2.15. The van der Waals surface area contributed by atoms with Gasteiger partial charge >= 0.3 is 0 Å². The van der Waals surface area contributed by atoms with Crippen LogP contribution in [0.3, 0.4) is 0 Å². The summed E-state index contributed by atoms with van der Waals surface area (Å²) in [6.45, 7) is 5.53. The van der Waals surface area contributed by atoms with Gasteiger partial charge in [0.05, 0.1) is 24.0 Å². The van der Waals surface area contributed by atoms with E-state index in [0.717, 1.165) is 31.6 Å². The number of aromatic nitrogens is 2. The number of benzene rings is 1. The minimum atomic E-state index is -0.0933. The highest BCUT2D eigenvalue weighted by atomic mass is 16.2. The standard InChI is InChI=1S/C18H21N5O/c1-3-8-23(9-4-2)18(24)16-12-21-17(13-20-16)22-15-7-5-6-14(10-15)11-19/h5-7,10,12-13H,3-4,8-9H2,1-2H3,(H,21,22). The Morgan fingerprint density at radius 1 is 1.21 bits per heavy atom. The molecule has 1 amide bonds. The number of nitrogens with one attached hydrogen (secondary N) is 1. The van der Waals surface area contributed by atoms with Crippen molar-refractivity contribution in [3.63, 3.8) is 0 Å². The molecular formula is C18H21N5O. The zero-order valence-electron chi connectivity index (χ0n) is 14.0. The second-order valence-corrected chi connectivity index (χ2v) is 5.40. The van der Waals surface area contributed by atoms with Crippen LogP contribution in [0.25, 0.3) is 0 Å². The molecule has 0 saturated carbocycles. The van der Waals surface area contributed by atoms with Gasteiger partial charge < -0.3 is 10.2 Å². The van der Waals surface area contributed by atoms with Crippen molar-refractivity contribution in [2.75, 3.05) is 18.4 Å². The normalized spacial score (nSPS) is 10.0. The molecule has 6 heteroatoms. The van der Waals surface area contributed by atoms with E-state index < -0.39 is 0 Å². The van der Waals surface area contributed by atoms with E-state index >= 15 is 0 Å². The fraction of sp³-hybridized carbons (Fsp3) is 0.333. The van der Waals surface area contributed by atoms with Gasteiger partial charge in [-0.25, -0.2) is 9.97 Å². The Morgan fingerprint density at radius 3 is 2.54 bits per heavy atom. The smallest absolute Gasteiger partial charge is 0.274 e. The van der Waals surface area contributed by atoms with Gasteiger partial charge in [-0.3, -0.25) is 4.79 Å². The van der Waals surface area contributed by atoms with E-state index in [1.807, 2.05) is 19.9 Å². The lowest BCUT2D eigenvalue weighted by Crippen LogP contribution is -2.33. The van der Waals surface area contributed by atoms with Crippen molar-refractivity contribution in [3.05, 3.63) is 47.9 Å². The first-order chi connectivity index (χ1) is 11.7. The molecule has 0 aliphatic rings. The lowest BCUT2D eigenvalue weighted by molar-refractivity contribution is 0.0749. The predicted octanol–water partition coefficient (Wildman–Crippen LogP) is 3.35. The average molecular weight is 323 g/mol. The van der Waals surface area contributed by atoms with Crippen molar-refractivity contribution < 1.29 is 4.79 Å². The van der Waals surface area contributed by atoms with Gasteiger partial charge in [-0.1, -0.05) is 19.9 Å². The van der Waals surface area contributed by atoms with Crippen molar-refractivity contribution in [3.8, 4) is 6.07 Å². The zero-order valence-corrected chi connectivity index (χ0v) is 14.0. The highest BCUT2D eigenvalue weighted by molar-refractivity contribution is 5.92. The van der Waals surface area contributed by atoms with Crippen molar-refractivity contribution >= 4 is 17.4 Å². The SMILES string of the molecule is CCCN(CCC)C(=O)c1cnc(Nc2cccc(C#N)c2)cn1. The van der Waals surface area contributed by atoms with Gasteiger partial charge in [0.25, 0.3) is 5.91 Å². The average Bonchev–Trinajstić information content (AvgIpc) is 2.62.